The summed E-state index contributed by atoms with van der Waals surface area (Å²) < 4.78 is 27.2. The Labute approximate surface area is 154 Å². The Hall–Kier alpha value is -3.61. The highest BCUT2D eigenvalue weighted by atomic mass is 19.1. The first-order chi connectivity index (χ1) is 13.0. The van der Waals surface area contributed by atoms with Crippen molar-refractivity contribution in [2.75, 3.05) is 5.32 Å². The van der Waals surface area contributed by atoms with E-state index in [4.69, 9.17) is 0 Å². The molecule has 0 saturated carbocycles. The Morgan fingerprint density at radius 3 is 2.19 bits per heavy atom. The number of benzene rings is 2. The SMILES string of the molecule is Cc1nc(NC(=O)NC(=O)c2c(F)cccc2F)ccc1-c1ccccc1. The summed E-state index contributed by atoms with van der Waals surface area (Å²) in [6.45, 7) is 1.78. The van der Waals surface area contributed by atoms with E-state index in [-0.39, 0.29) is 5.82 Å². The molecule has 0 radical (unpaired) electrons. The molecule has 0 saturated heterocycles. The normalized spacial score (nSPS) is 10.3. The molecule has 0 atom stereocenters. The maximum Gasteiger partial charge on any atom is 0.327 e. The van der Waals surface area contributed by atoms with E-state index in [9.17, 15) is 18.4 Å². The zero-order chi connectivity index (χ0) is 19.4. The summed E-state index contributed by atoms with van der Waals surface area (Å²) in [4.78, 5) is 28.2. The fraction of sp³-hybridized carbons (Fsp3) is 0.0500. The topological polar surface area (TPSA) is 71.1 Å². The minimum atomic E-state index is -1.18. The van der Waals surface area contributed by atoms with Crippen molar-refractivity contribution in [2.45, 2.75) is 6.92 Å². The van der Waals surface area contributed by atoms with Gasteiger partial charge in [0.05, 0.1) is 0 Å². The number of amides is 3. The number of nitrogens with one attached hydrogen (secondary N) is 2. The van der Waals surface area contributed by atoms with Crippen molar-refractivity contribution < 1.29 is 18.4 Å². The summed E-state index contributed by atoms with van der Waals surface area (Å²) in [7, 11) is 0. The number of carbonyl (C=O) groups is 2. The van der Waals surface area contributed by atoms with Gasteiger partial charge in [0.15, 0.2) is 0 Å². The highest BCUT2D eigenvalue weighted by molar-refractivity contribution is 6.08. The van der Waals surface area contributed by atoms with Crippen molar-refractivity contribution >= 4 is 17.8 Å². The number of aromatic nitrogens is 1. The molecule has 3 rings (SSSR count). The molecule has 3 aromatic rings. The Morgan fingerprint density at radius 2 is 1.56 bits per heavy atom. The van der Waals surface area contributed by atoms with Gasteiger partial charge in [-0.05, 0) is 36.8 Å². The molecule has 0 bridgehead atoms. The first-order valence-electron chi connectivity index (χ1n) is 8.05. The highest BCUT2D eigenvalue weighted by Gasteiger charge is 2.19. The lowest BCUT2D eigenvalue weighted by Crippen LogP contribution is -2.35. The molecule has 0 spiro atoms. The number of nitrogens with zero attached hydrogens (tertiary/aromatic N) is 1. The van der Waals surface area contributed by atoms with Gasteiger partial charge in [0.25, 0.3) is 5.91 Å². The fourth-order valence-electron chi connectivity index (χ4n) is 2.58. The number of hydrogen-bond donors (Lipinski definition) is 2. The van der Waals surface area contributed by atoms with Crippen LogP contribution in [0.25, 0.3) is 11.1 Å². The Bertz CT molecular complexity index is 987. The molecule has 1 heterocycles. The number of halogens is 2. The zero-order valence-corrected chi connectivity index (χ0v) is 14.3. The molecule has 0 fully saturated rings. The molecule has 2 aromatic carbocycles. The number of rotatable bonds is 3. The lowest BCUT2D eigenvalue weighted by atomic mass is 10.0. The molecule has 136 valence electrons. The summed E-state index contributed by atoms with van der Waals surface area (Å²) >= 11 is 0. The molecule has 2 N–H and O–H groups in total. The highest BCUT2D eigenvalue weighted by Crippen LogP contribution is 2.23. The van der Waals surface area contributed by atoms with Crippen LogP contribution in [0.15, 0.2) is 60.7 Å². The minimum Gasteiger partial charge on any atom is -0.292 e. The van der Waals surface area contributed by atoms with Crippen LogP contribution in [0.2, 0.25) is 0 Å². The molecule has 27 heavy (non-hydrogen) atoms. The van der Waals surface area contributed by atoms with Crippen LogP contribution in [0, 0.1) is 18.6 Å². The van der Waals surface area contributed by atoms with E-state index in [2.05, 4.69) is 10.3 Å². The number of anilines is 1. The fourth-order valence-corrected chi connectivity index (χ4v) is 2.58. The van der Waals surface area contributed by atoms with Crippen LogP contribution >= 0.6 is 0 Å². The van der Waals surface area contributed by atoms with E-state index in [1.807, 2.05) is 35.6 Å². The van der Waals surface area contributed by atoms with Crippen LogP contribution in [-0.4, -0.2) is 16.9 Å². The van der Waals surface area contributed by atoms with Gasteiger partial charge in [0.2, 0.25) is 0 Å². The molecule has 0 aliphatic rings. The summed E-state index contributed by atoms with van der Waals surface area (Å²) in [6, 6.07) is 15.0. The third kappa shape index (κ3) is 4.14. The quantitative estimate of drug-likeness (QED) is 0.725. The van der Waals surface area contributed by atoms with Crippen molar-refractivity contribution in [1.82, 2.24) is 10.3 Å². The van der Waals surface area contributed by atoms with Gasteiger partial charge in [-0.2, -0.15) is 0 Å². The van der Waals surface area contributed by atoms with Crippen molar-refractivity contribution in [3.63, 3.8) is 0 Å². The van der Waals surface area contributed by atoms with Crippen LogP contribution in [0.5, 0.6) is 0 Å². The van der Waals surface area contributed by atoms with E-state index in [0.29, 0.717) is 5.69 Å². The number of imide groups is 1. The molecular weight excluding hydrogens is 352 g/mol. The first-order valence-corrected chi connectivity index (χ1v) is 8.05. The van der Waals surface area contributed by atoms with Gasteiger partial charge in [-0.15, -0.1) is 0 Å². The Morgan fingerprint density at radius 1 is 0.889 bits per heavy atom. The van der Waals surface area contributed by atoms with Crippen LogP contribution < -0.4 is 10.6 Å². The number of pyridine rings is 1. The number of urea groups is 1. The van der Waals surface area contributed by atoms with Crippen LogP contribution in [0.4, 0.5) is 19.4 Å². The van der Waals surface area contributed by atoms with Crippen molar-refractivity contribution in [1.29, 1.82) is 0 Å². The predicted molar refractivity (Wildman–Crippen MR) is 97.3 cm³/mol. The molecule has 3 amide bonds. The van der Waals surface area contributed by atoms with Gasteiger partial charge < -0.3 is 0 Å². The Kier molecular flexibility index (Phi) is 5.21. The zero-order valence-electron chi connectivity index (χ0n) is 14.3. The van der Waals surface area contributed by atoms with Gasteiger partial charge in [-0.1, -0.05) is 36.4 Å². The third-order valence-electron chi connectivity index (χ3n) is 3.83. The van der Waals surface area contributed by atoms with Gasteiger partial charge in [0, 0.05) is 11.3 Å². The monoisotopic (exact) mass is 367 g/mol. The molecule has 1 aromatic heterocycles. The second-order valence-corrected chi connectivity index (χ2v) is 5.70. The van der Waals surface area contributed by atoms with Gasteiger partial charge >= 0.3 is 6.03 Å². The van der Waals surface area contributed by atoms with E-state index < -0.39 is 29.1 Å². The summed E-state index contributed by atoms with van der Waals surface area (Å²) in [5.41, 5.74) is 1.72. The second-order valence-electron chi connectivity index (χ2n) is 5.70. The average Bonchev–Trinajstić information content (AvgIpc) is 2.62. The summed E-state index contributed by atoms with van der Waals surface area (Å²) in [6.07, 6.45) is 0. The number of aryl methyl sites for hydroxylation is 1. The van der Waals surface area contributed by atoms with Crippen molar-refractivity contribution in [3.05, 3.63) is 83.6 Å². The lowest BCUT2D eigenvalue weighted by Gasteiger charge is -2.10. The third-order valence-corrected chi connectivity index (χ3v) is 3.83. The summed E-state index contributed by atoms with van der Waals surface area (Å²) in [5, 5.41) is 4.26. The van der Waals surface area contributed by atoms with E-state index in [1.54, 1.807) is 19.1 Å². The molecule has 7 heteroatoms. The number of hydrogen-bond acceptors (Lipinski definition) is 3. The van der Waals surface area contributed by atoms with E-state index in [0.717, 1.165) is 29.3 Å². The second kappa shape index (κ2) is 7.74. The minimum absolute atomic E-state index is 0.200. The lowest BCUT2D eigenvalue weighted by molar-refractivity contribution is 0.0959. The van der Waals surface area contributed by atoms with Gasteiger partial charge in [0.1, 0.15) is 23.0 Å². The van der Waals surface area contributed by atoms with Crippen molar-refractivity contribution in [2.24, 2.45) is 0 Å². The molecule has 5 nitrogen and oxygen atoms in total. The standard InChI is InChI=1S/C20H15F2N3O2/c1-12-14(13-6-3-2-4-7-13)10-11-17(23-12)24-20(27)25-19(26)18-15(21)8-5-9-16(18)22/h2-11H,1H3,(H2,23,24,25,26,27). The van der Waals surface area contributed by atoms with Crippen LogP contribution in [-0.2, 0) is 0 Å². The molecule has 0 aliphatic heterocycles. The van der Waals surface area contributed by atoms with Gasteiger partial charge in [-0.3, -0.25) is 15.4 Å². The van der Waals surface area contributed by atoms with Crippen LogP contribution in [0.3, 0.4) is 0 Å². The average molecular weight is 367 g/mol. The first kappa shape index (κ1) is 18.2. The smallest absolute Gasteiger partial charge is 0.292 e. The maximum atomic E-state index is 13.6. The predicted octanol–water partition coefficient (Wildman–Crippen LogP) is 4.30. The summed E-state index contributed by atoms with van der Waals surface area (Å²) in [5.74, 6) is -3.09. The maximum absolute atomic E-state index is 13.6. The molecule has 0 aliphatic carbocycles. The van der Waals surface area contributed by atoms with E-state index >= 15 is 0 Å². The van der Waals surface area contributed by atoms with Crippen LogP contribution in [0.1, 0.15) is 16.1 Å². The van der Waals surface area contributed by atoms with Crippen molar-refractivity contribution in [3.8, 4) is 11.1 Å². The molecular formula is C20H15F2N3O2. The van der Waals surface area contributed by atoms with Gasteiger partial charge in [-0.25, -0.2) is 18.6 Å². The largest absolute Gasteiger partial charge is 0.327 e. The number of carbonyl (C=O) groups excluding carboxylic acids is 2. The Balaban J connectivity index is 1.71. The van der Waals surface area contributed by atoms with E-state index in [1.165, 1.54) is 0 Å². The molecule has 0 unspecified atom stereocenters.